The summed E-state index contributed by atoms with van der Waals surface area (Å²) in [5.41, 5.74) is 2.32. The average molecular weight is 435 g/mol. The second kappa shape index (κ2) is 8.73. The van der Waals surface area contributed by atoms with Crippen LogP contribution in [0.25, 0.3) is 21.3 Å². The Morgan fingerprint density at radius 3 is 2.52 bits per heavy atom. The van der Waals surface area contributed by atoms with E-state index in [0.717, 1.165) is 22.4 Å². The van der Waals surface area contributed by atoms with E-state index in [-0.39, 0.29) is 5.56 Å². The quantitative estimate of drug-likeness (QED) is 0.456. The molecule has 7 heteroatoms. The van der Waals surface area contributed by atoms with Crippen molar-refractivity contribution in [3.05, 3.63) is 81.7 Å². The highest BCUT2D eigenvalue weighted by atomic mass is 32.1. The number of thiophene rings is 1. The number of aryl methyl sites for hydroxylation is 2. The fourth-order valence-electron chi connectivity index (χ4n) is 3.77. The number of aliphatic carboxylic acids is 1. The first-order valence-corrected chi connectivity index (χ1v) is 10.8. The van der Waals surface area contributed by atoms with Crippen molar-refractivity contribution in [2.45, 2.75) is 25.8 Å². The van der Waals surface area contributed by atoms with Crippen molar-refractivity contribution in [3.8, 4) is 16.9 Å². The third-order valence-electron chi connectivity index (χ3n) is 5.36. The molecule has 0 saturated heterocycles. The van der Waals surface area contributed by atoms with Crippen molar-refractivity contribution in [1.29, 1.82) is 0 Å². The van der Waals surface area contributed by atoms with Gasteiger partial charge in [0.2, 0.25) is 0 Å². The number of fused-ring (bicyclic) bond motifs is 1. The van der Waals surface area contributed by atoms with Crippen LogP contribution in [0.1, 0.15) is 23.9 Å². The van der Waals surface area contributed by atoms with E-state index < -0.39 is 12.0 Å². The summed E-state index contributed by atoms with van der Waals surface area (Å²) in [6.45, 7) is 1.69. The smallest absolute Gasteiger partial charge is 0.326 e. The zero-order valence-corrected chi connectivity index (χ0v) is 18.1. The molecule has 0 amide bonds. The Morgan fingerprint density at radius 1 is 1.16 bits per heavy atom. The molecular weight excluding hydrogens is 412 g/mol. The van der Waals surface area contributed by atoms with Crippen molar-refractivity contribution >= 4 is 27.5 Å². The fourth-order valence-corrected chi connectivity index (χ4v) is 4.75. The standard InChI is InChI=1S/C24H22N2O4S/c1-15-25-22-21(19(14-31-22)17-9-11-18(30-2)12-10-17)23(27)26(15)20(24(28)29)13-8-16-6-4-3-5-7-16/h3-7,9-12,14,20H,8,13H2,1-2H3,(H,28,29). The SMILES string of the molecule is COc1ccc(-c2csc3nc(C)n(C(CCc4ccccc4)C(=O)O)c(=O)c23)cc1. The van der Waals surface area contributed by atoms with Gasteiger partial charge in [0.15, 0.2) is 0 Å². The molecule has 2 aromatic carbocycles. The molecule has 0 radical (unpaired) electrons. The molecule has 2 aromatic heterocycles. The number of carbonyl (C=O) groups is 1. The topological polar surface area (TPSA) is 81.4 Å². The third kappa shape index (κ3) is 4.09. The van der Waals surface area contributed by atoms with Gasteiger partial charge in [-0.05, 0) is 43.0 Å². The zero-order chi connectivity index (χ0) is 22.0. The second-order valence-corrected chi connectivity index (χ2v) is 8.13. The van der Waals surface area contributed by atoms with E-state index in [4.69, 9.17) is 4.74 Å². The molecule has 1 unspecified atom stereocenters. The molecule has 0 aliphatic carbocycles. The summed E-state index contributed by atoms with van der Waals surface area (Å²) in [6, 6.07) is 16.1. The van der Waals surface area contributed by atoms with Crippen molar-refractivity contribution in [2.75, 3.05) is 7.11 Å². The molecule has 1 N–H and O–H groups in total. The van der Waals surface area contributed by atoms with Crippen LogP contribution in [0.15, 0.2) is 64.8 Å². The lowest BCUT2D eigenvalue weighted by molar-refractivity contribution is -0.141. The number of hydrogen-bond acceptors (Lipinski definition) is 5. The van der Waals surface area contributed by atoms with Gasteiger partial charge < -0.3 is 9.84 Å². The van der Waals surface area contributed by atoms with Gasteiger partial charge in [-0.1, -0.05) is 42.5 Å². The number of aromatic nitrogens is 2. The second-order valence-electron chi connectivity index (χ2n) is 7.27. The number of ether oxygens (including phenoxy) is 1. The summed E-state index contributed by atoms with van der Waals surface area (Å²) in [4.78, 5) is 30.8. The van der Waals surface area contributed by atoms with Gasteiger partial charge in [-0.3, -0.25) is 9.36 Å². The van der Waals surface area contributed by atoms with Gasteiger partial charge >= 0.3 is 5.97 Å². The molecule has 4 rings (SSSR count). The highest BCUT2D eigenvalue weighted by Gasteiger charge is 2.25. The number of carboxylic acid groups (broad SMARTS) is 1. The Hall–Kier alpha value is -3.45. The molecule has 0 aliphatic rings. The van der Waals surface area contributed by atoms with Crippen molar-refractivity contribution in [1.82, 2.24) is 9.55 Å². The Kier molecular flexibility index (Phi) is 5.86. The van der Waals surface area contributed by atoms with E-state index in [2.05, 4.69) is 4.98 Å². The fraction of sp³-hybridized carbons (Fsp3) is 0.208. The van der Waals surface area contributed by atoms with Gasteiger partial charge in [0.05, 0.1) is 12.5 Å². The Balaban J connectivity index is 1.79. The van der Waals surface area contributed by atoms with Gasteiger partial charge in [-0.25, -0.2) is 9.78 Å². The Labute approximate surface area is 183 Å². The molecule has 0 bridgehead atoms. The number of carboxylic acids is 1. The summed E-state index contributed by atoms with van der Waals surface area (Å²) in [5.74, 6) is 0.0890. The van der Waals surface area contributed by atoms with Gasteiger partial charge in [-0.15, -0.1) is 11.3 Å². The number of rotatable bonds is 7. The molecule has 31 heavy (non-hydrogen) atoms. The molecule has 4 aromatic rings. The number of hydrogen-bond donors (Lipinski definition) is 1. The molecule has 0 aliphatic heterocycles. The number of methoxy groups -OCH3 is 1. The van der Waals surface area contributed by atoms with E-state index >= 15 is 0 Å². The molecule has 1 atom stereocenters. The van der Waals surface area contributed by atoms with Crippen LogP contribution >= 0.6 is 11.3 Å². The summed E-state index contributed by atoms with van der Waals surface area (Å²) in [5, 5.41) is 12.3. The number of benzene rings is 2. The first kappa shape index (κ1) is 20.8. The minimum Gasteiger partial charge on any atom is -0.497 e. The van der Waals surface area contributed by atoms with Crippen LogP contribution in [0, 0.1) is 6.92 Å². The van der Waals surface area contributed by atoms with Gasteiger partial charge in [0, 0.05) is 10.9 Å². The van der Waals surface area contributed by atoms with Gasteiger partial charge in [0.25, 0.3) is 5.56 Å². The van der Waals surface area contributed by atoms with E-state index in [1.807, 2.05) is 60.0 Å². The predicted molar refractivity (Wildman–Crippen MR) is 122 cm³/mol. The normalized spacial score (nSPS) is 12.1. The van der Waals surface area contributed by atoms with E-state index in [9.17, 15) is 14.7 Å². The van der Waals surface area contributed by atoms with Crippen molar-refractivity contribution in [2.24, 2.45) is 0 Å². The molecule has 6 nitrogen and oxygen atoms in total. The van der Waals surface area contributed by atoms with Crippen LogP contribution < -0.4 is 10.3 Å². The first-order chi connectivity index (χ1) is 15.0. The van der Waals surface area contributed by atoms with Crippen LogP contribution in [0.4, 0.5) is 0 Å². The van der Waals surface area contributed by atoms with Crippen LogP contribution in [0.2, 0.25) is 0 Å². The first-order valence-electron chi connectivity index (χ1n) is 9.91. The highest BCUT2D eigenvalue weighted by Crippen LogP contribution is 2.32. The highest BCUT2D eigenvalue weighted by molar-refractivity contribution is 7.17. The minimum atomic E-state index is -1.04. The van der Waals surface area contributed by atoms with Crippen LogP contribution in [0.5, 0.6) is 5.75 Å². The van der Waals surface area contributed by atoms with Crippen LogP contribution in [0.3, 0.4) is 0 Å². The third-order valence-corrected chi connectivity index (χ3v) is 6.24. The van der Waals surface area contributed by atoms with E-state index in [1.165, 1.54) is 15.9 Å². The van der Waals surface area contributed by atoms with Crippen LogP contribution in [-0.4, -0.2) is 27.7 Å². The lowest BCUT2D eigenvalue weighted by Crippen LogP contribution is -2.32. The summed E-state index contributed by atoms with van der Waals surface area (Å²) >= 11 is 1.38. The minimum absolute atomic E-state index is 0.301. The summed E-state index contributed by atoms with van der Waals surface area (Å²) in [6.07, 6.45) is 0.853. The number of nitrogens with zero attached hydrogens (tertiary/aromatic N) is 2. The monoisotopic (exact) mass is 434 g/mol. The van der Waals surface area contributed by atoms with Crippen molar-refractivity contribution < 1.29 is 14.6 Å². The molecular formula is C24H22N2O4S. The lowest BCUT2D eigenvalue weighted by atomic mass is 10.0. The lowest BCUT2D eigenvalue weighted by Gasteiger charge is -2.18. The summed E-state index contributed by atoms with van der Waals surface area (Å²) in [7, 11) is 1.60. The zero-order valence-electron chi connectivity index (χ0n) is 17.2. The van der Waals surface area contributed by atoms with E-state index in [0.29, 0.717) is 28.9 Å². The molecule has 0 saturated carbocycles. The Bertz CT molecular complexity index is 1280. The molecule has 2 heterocycles. The maximum Gasteiger partial charge on any atom is 0.326 e. The van der Waals surface area contributed by atoms with Crippen molar-refractivity contribution in [3.63, 3.8) is 0 Å². The summed E-state index contributed by atoms with van der Waals surface area (Å²) < 4.78 is 6.54. The maximum absolute atomic E-state index is 13.5. The molecule has 0 spiro atoms. The largest absolute Gasteiger partial charge is 0.497 e. The predicted octanol–water partition coefficient (Wildman–Crippen LogP) is 4.70. The molecule has 0 fully saturated rings. The van der Waals surface area contributed by atoms with Gasteiger partial charge in [-0.2, -0.15) is 0 Å². The van der Waals surface area contributed by atoms with Crippen LogP contribution in [-0.2, 0) is 11.2 Å². The average Bonchev–Trinajstić information content (AvgIpc) is 3.20. The Morgan fingerprint density at radius 2 is 1.87 bits per heavy atom. The molecule has 158 valence electrons. The van der Waals surface area contributed by atoms with Gasteiger partial charge in [0.1, 0.15) is 22.4 Å². The van der Waals surface area contributed by atoms with E-state index in [1.54, 1.807) is 14.0 Å². The maximum atomic E-state index is 13.5.